The van der Waals surface area contributed by atoms with Gasteiger partial charge in [-0.25, -0.2) is 12.7 Å². The molecule has 0 saturated heterocycles. The zero-order chi connectivity index (χ0) is 10.8. The van der Waals surface area contributed by atoms with E-state index in [1.54, 1.807) is 7.05 Å². The summed E-state index contributed by atoms with van der Waals surface area (Å²) < 4.78 is 24.6. The van der Waals surface area contributed by atoms with Crippen LogP contribution in [-0.4, -0.2) is 37.1 Å². The Labute approximate surface area is 90.5 Å². The Bertz CT molecular complexity index is 309. The van der Waals surface area contributed by atoms with Crippen molar-refractivity contribution in [2.45, 2.75) is 19.3 Å². The molecule has 0 atom stereocenters. The highest BCUT2D eigenvalue weighted by Gasteiger charge is 2.30. The first-order chi connectivity index (χ1) is 6.42. The molecule has 6 heteroatoms. The summed E-state index contributed by atoms with van der Waals surface area (Å²) in [5, 5.41) is 0. The van der Waals surface area contributed by atoms with Crippen LogP contribution in [0.3, 0.4) is 0 Å². The van der Waals surface area contributed by atoms with Crippen molar-refractivity contribution in [3.8, 4) is 0 Å². The van der Waals surface area contributed by atoms with E-state index in [4.69, 9.17) is 18.0 Å². The summed E-state index contributed by atoms with van der Waals surface area (Å²) in [6, 6.07) is 0. The van der Waals surface area contributed by atoms with Gasteiger partial charge in [0.2, 0.25) is 10.0 Å². The molecule has 0 amide bonds. The summed E-state index contributed by atoms with van der Waals surface area (Å²) in [6.07, 6.45) is 2.54. The third kappa shape index (κ3) is 3.89. The normalized spacial score (nSPS) is 17.3. The highest BCUT2D eigenvalue weighted by Crippen LogP contribution is 2.30. The summed E-state index contributed by atoms with van der Waals surface area (Å²) >= 11 is 4.69. The number of nitrogens with zero attached hydrogens (tertiary/aromatic N) is 1. The topological polar surface area (TPSA) is 63.4 Å². The van der Waals surface area contributed by atoms with Gasteiger partial charge in [0.1, 0.15) is 0 Å². The van der Waals surface area contributed by atoms with Gasteiger partial charge in [-0.1, -0.05) is 12.2 Å². The smallest absolute Gasteiger partial charge is 0.214 e. The van der Waals surface area contributed by atoms with E-state index in [1.807, 2.05) is 0 Å². The summed E-state index contributed by atoms with van der Waals surface area (Å²) in [7, 11) is -1.50. The van der Waals surface area contributed by atoms with Crippen molar-refractivity contribution in [2.75, 3.05) is 19.3 Å². The third-order valence-electron chi connectivity index (χ3n) is 2.29. The Balaban J connectivity index is 2.40. The van der Waals surface area contributed by atoms with Crippen LogP contribution >= 0.6 is 12.2 Å². The zero-order valence-electron chi connectivity index (χ0n) is 8.27. The predicted molar refractivity (Wildman–Crippen MR) is 60.5 cm³/mol. The van der Waals surface area contributed by atoms with Gasteiger partial charge in [-0.3, -0.25) is 0 Å². The molecule has 0 heterocycles. The molecule has 82 valence electrons. The minimum atomic E-state index is -3.07. The number of hydrogen-bond acceptors (Lipinski definition) is 3. The van der Waals surface area contributed by atoms with E-state index >= 15 is 0 Å². The van der Waals surface area contributed by atoms with Gasteiger partial charge in [-0.2, -0.15) is 0 Å². The van der Waals surface area contributed by atoms with Gasteiger partial charge in [0.15, 0.2) is 0 Å². The number of rotatable bonds is 6. The van der Waals surface area contributed by atoms with Crippen molar-refractivity contribution < 1.29 is 8.42 Å². The van der Waals surface area contributed by atoms with Gasteiger partial charge in [0.05, 0.1) is 10.7 Å². The van der Waals surface area contributed by atoms with Crippen LogP contribution in [0.5, 0.6) is 0 Å². The van der Waals surface area contributed by atoms with Crippen LogP contribution in [-0.2, 0) is 10.0 Å². The molecule has 0 bridgehead atoms. The maximum atomic E-state index is 11.6. The van der Waals surface area contributed by atoms with Crippen LogP contribution in [0.1, 0.15) is 19.3 Å². The van der Waals surface area contributed by atoms with Crippen LogP contribution in [0.4, 0.5) is 0 Å². The lowest BCUT2D eigenvalue weighted by Gasteiger charge is -2.16. The van der Waals surface area contributed by atoms with Crippen LogP contribution < -0.4 is 5.73 Å². The van der Waals surface area contributed by atoms with Crippen molar-refractivity contribution in [1.29, 1.82) is 0 Å². The van der Waals surface area contributed by atoms with Gasteiger partial charge < -0.3 is 5.73 Å². The van der Waals surface area contributed by atoms with E-state index in [9.17, 15) is 8.42 Å². The quantitative estimate of drug-likeness (QED) is 0.675. The third-order valence-corrected chi connectivity index (χ3v) is 4.52. The first kappa shape index (κ1) is 11.9. The summed E-state index contributed by atoms with van der Waals surface area (Å²) in [5.74, 6) is 0.660. The van der Waals surface area contributed by atoms with E-state index in [-0.39, 0.29) is 5.75 Å². The van der Waals surface area contributed by atoms with Crippen LogP contribution in [0.2, 0.25) is 0 Å². The molecule has 0 aliphatic heterocycles. The predicted octanol–water partition coefficient (Wildman–Crippen LogP) is 0.334. The molecule has 0 aromatic rings. The first-order valence-electron chi connectivity index (χ1n) is 4.64. The lowest BCUT2D eigenvalue weighted by Crippen LogP contribution is -2.32. The number of sulfonamides is 1. The Morgan fingerprint density at radius 3 is 2.57 bits per heavy atom. The number of nitrogens with two attached hydrogens (primary N) is 1. The molecule has 2 N–H and O–H groups in total. The second-order valence-electron chi connectivity index (χ2n) is 3.76. The molecular weight excluding hydrogens is 220 g/mol. The first-order valence-corrected chi connectivity index (χ1v) is 6.66. The standard InChI is InChI=1S/C8H16N2O2S2/c1-10(5-4-8(9)13)14(11,12)6-7-2-3-7/h7H,2-6H2,1H3,(H2,9,13). The molecular formula is C8H16N2O2S2. The fourth-order valence-electron chi connectivity index (χ4n) is 1.12. The van der Waals surface area contributed by atoms with Crippen molar-refractivity contribution in [2.24, 2.45) is 11.7 Å². The van der Waals surface area contributed by atoms with Gasteiger partial charge in [0.25, 0.3) is 0 Å². The molecule has 1 rings (SSSR count). The van der Waals surface area contributed by atoms with Gasteiger partial charge in [-0.15, -0.1) is 0 Å². The van der Waals surface area contributed by atoms with Crippen molar-refractivity contribution in [1.82, 2.24) is 4.31 Å². The maximum absolute atomic E-state index is 11.6. The Kier molecular flexibility index (Phi) is 3.86. The lowest BCUT2D eigenvalue weighted by atomic mass is 10.4. The molecule has 0 radical (unpaired) electrons. The Morgan fingerprint density at radius 2 is 2.14 bits per heavy atom. The average molecular weight is 236 g/mol. The van der Waals surface area contributed by atoms with E-state index in [0.29, 0.717) is 23.9 Å². The minimum absolute atomic E-state index is 0.279. The maximum Gasteiger partial charge on any atom is 0.214 e. The van der Waals surface area contributed by atoms with E-state index in [1.165, 1.54) is 4.31 Å². The molecule has 0 spiro atoms. The van der Waals surface area contributed by atoms with Gasteiger partial charge in [-0.05, 0) is 18.8 Å². The van der Waals surface area contributed by atoms with Gasteiger partial charge >= 0.3 is 0 Å². The van der Waals surface area contributed by atoms with E-state index in [0.717, 1.165) is 12.8 Å². The molecule has 0 unspecified atom stereocenters. The monoisotopic (exact) mass is 236 g/mol. The number of hydrogen-bond donors (Lipinski definition) is 1. The largest absolute Gasteiger partial charge is 0.393 e. The second-order valence-corrected chi connectivity index (χ2v) is 6.40. The number of thiocarbonyl (C=S) groups is 1. The fraction of sp³-hybridized carbons (Fsp3) is 0.875. The highest BCUT2D eigenvalue weighted by atomic mass is 32.2. The fourth-order valence-corrected chi connectivity index (χ4v) is 2.76. The molecule has 1 saturated carbocycles. The molecule has 0 aromatic carbocycles. The average Bonchev–Trinajstić information content (AvgIpc) is 2.82. The van der Waals surface area contributed by atoms with Crippen molar-refractivity contribution in [3.05, 3.63) is 0 Å². The molecule has 0 aromatic heterocycles. The minimum Gasteiger partial charge on any atom is -0.393 e. The van der Waals surface area contributed by atoms with Crippen LogP contribution in [0.25, 0.3) is 0 Å². The van der Waals surface area contributed by atoms with Crippen molar-refractivity contribution in [3.63, 3.8) is 0 Å². The van der Waals surface area contributed by atoms with E-state index in [2.05, 4.69) is 0 Å². The Hall–Kier alpha value is -0.200. The summed E-state index contributed by atoms with van der Waals surface area (Å²) in [6.45, 7) is 0.393. The van der Waals surface area contributed by atoms with Gasteiger partial charge in [0, 0.05) is 20.0 Å². The SMILES string of the molecule is CN(CCC(N)=S)S(=O)(=O)CC1CC1. The van der Waals surface area contributed by atoms with Crippen LogP contribution in [0, 0.1) is 5.92 Å². The molecule has 1 aliphatic rings. The van der Waals surface area contributed by atoms with Crippen LogP contribution in [0.15, 0.2) is 0 Å². The molecule has 1 aliphatic carbocycles. The second kappa shape index (κ2) is 4.55. The zero-order valence-corrected chi connectivity index (χ0v) is 9.90. The molecule has 4 nitrogen and oxygen atoms in total. The summed E-state index contributed by atoms with van der Waals surface area (Å²) in [5.41, 5.74) is 5.31. The molecule has 1 fully saturated rings. The van der Waals surface area contributed by atoms with Crippen molar-refractivity contribution >= 4 is 27.2 Å². The lowest BCUT2D eigenvalue weighted by molar-refractivity contribution is 0.476. The van der Waals surface area contributed by atoms with E-state index < -0.39 is 10.0 Å². The Morgan fingerprint density at radius 1 is 1.57 bits per heavy atom. The highest BCUT2D eigenvalue weighted by molar-refractivity contribution is 7.89. The summed E-state index contributed by atoms with van der Waals surface area (Å²) in [4.78, 5) is 0.360. The molecule has 14 heavy (non-hydrogen) atoms.